The van der Waals surface area contributed by atoms with Crippen LogP contribution in [0.15, 0.2) is 0 Å². The lowest BCUT2D eigenvalue weighted by molar-refractivity contribution is -0.161. The fourth-order valence-electron chi connectivity index (χ4n) is 9.57. The van der Waals surface area contributed by atoms with Gasteiger partial charge < -0.3 is 65.1 Å². The molecule has 0 bridgehead atoms. The Hall–Kier alpha value is -6.69. The van der Waals surface area contributed by atoms with Crippen LogP contribution in [0.4, 0.5) is 0 Å². The predicted molar refractivity (Wildman–Crippen MR) is 334 cm³/mol. The summed E-state index contributed by atoms with van der Waals surface area (Å²) in [6.07, 6.45) is 0.635. The molecule has 500 valence electrons. The second-order valence-corrected chi connectivity index (χ2v) is 24.9. The van der Waals surface area contributed by atoms with E-state index in [0.29, 0.717) is 6.29 Å². The summed E-state index contributed by atoms with van der Waals surface area (Å²) >= 11 is 0. The molecule has 11 amide bonds. The van der Waals surface area contributed by atoms with Gasteiger partial charge in [-0.1, -0.05) is 110 Å². The molecular weight excluding hydrogens is 1120 g/mol. The van der Waals surface area contributed by atoms with Gasteiger partial charge >= 0.3 is 5.97 Å². The van der Waals surface area contributed by atoms with Crippen molar-refractivity contribution in [2.24, 2.45) is 35.5 Å². The molecular formula is C62H113N11O14. The number of nitrogens with zero attached hydrogens (tertiary/aromatic N) is 7. The molecule has 10 atom stereocenters. The molecule has 1 aliphatic rings. The van der Waals surface area contributed by atoms with Gasteiger partial charge in [0, 0.05) is 68.6 Å². The maximum absolute atomic E-state index is 14.7. The average molecular weight is 1240 g/mol. The van der Waals surface area contributed by atoms with E-state index in [9.17, 15) is 62.3 Å². The van der Waals surface area contributed by atoms with E-state index in [4.69, 9.17) is 4.74 Å². The van der Waals surface area contributed by atoms with Gasteiger partial charge in [-0.2, -0.15) is 0 Å². The summed E-state index contributed by atoms with van der Waals surface area (Å²) < 4.78 is 5.59. The number of hydrogen-bond acceptors (Lipinski definition) is 14. The highest BCUT2D eigenvalue weighted by atomic mass is 16.5. The highest BCUT2D eigenvalue weighted by Crippen LogP contribution is 2.23. The van der Waals surface area contributed by atoms with Crippen LogP contribution in [0.3, 0.4) is 0 Å². The summed E-state index contributed by atoms with van der Waals surface area (Å²) in [5.41, 5.74) is 0. The van der Waals surface area contributed by atoms with Crippen LogP contribution in [0.5, 0.6) is 0 Å². The zero-order valence-electron chi connectivity index (χ0n) is 57.4. The lowest BCUT2D eigenvalue weighted by atomic mass is 9.93. The van der Waals surface area contributed by atoms with E-state index in [1.165, 1.54) is 91.2 Å². The summed E-state index contributed by atoms with van der Waals surface area (Å²) in [5.74, 6) is -10.9. The number of likely N-dealkylation sites (N-methyl/N-ethyl adjacent to an activating group) is 7. The van der Waals surface area contributed by atoms with Crippen molar-refractivity contribution < 1.29 is 67.1 Å². The number of nitrogens with one attached hydrogen (secondary N) is 4. The number of ether oxygens (including phenoxy) is 1. The standard InChI is InChI=1S/C57H99N11O14.C3H8.C2H6/c1-31(2)24-40-52(76)61-47(35(9)10)57(81)65(18)41(25-32(3)4)51(75)59-37(12)50(74)60-38(13)54(78)66(19)43(27-34(7)8)56(80)67(20)42(26-33(5)6)55(79)63(16)30-46(73)68(21)48(49(82-39(14)70)36(11)22-23-69)53(77)58-28-44(71)62(15)29-45(72)64(40)17;1-3-2;1-2/h23,31-38,40-43,47-49H,22,24-30H2,1-21H3,(H,58,77)(H,59,75)(H,60,74)(H,61,76);3H2,1-2H3;1-2H3/t36-,37+,38-,40+,41+,42+,43+,47?,48?,49-;;/m1../s1. The number of hydrogen-bond donors (Lipinski definition) is 4. The van der Waals surface area contributed by atoms with Gasteiger partial charge in [0.2, 0.25) is 65.0 Å². The largest absolute Gasteiger partial charge is 0.459 e. The van der Waals surface area contributed by atoms with E-state index in [1.54, 1.807) is 13.8 Å². The topological polar surface area (TPSA) is 302 Å². The van der Waals surface area contributed by atoms with Crippen LogP contribution in [-0.4, -0.2) is 235 Å². The normalized spacial score (nSPS) is 24.1. The Labute approximate surface area is 520 Å². The van der Waals surface area contributed by atoms with Crippen molar-refractivity contribution in [1.82, 2.24) is 55.6 Å². The molecule has 25 heteroatoms. The molecule has 4 N–H and O–H groups in total. The van der Waals surface area contributed by atoms with Gasteiger partial charge in [-0.25, -0.2) is 0 Å². The predicted octanol–water partition coefficient (Wildman–Crippen LogP) is 3.10. The Morgan fingerprint density at radius 2 is 0.897 bits per heavy atom. The van der Waals surface area contributed by atoms with E-state index < -0.39 is 157 Å². The number of carbonyl (C=O) groups is 13. The molecule has 25 nitrogen and oxygen atoms in total. The molecule has 0 aromatic rings. The van der Waals surface area contributed by atoms with E-state index >= 15 is 0 Å². The molecule has 1 saturated heterocycles. The summed E-state index contributed by atoms with van der Waals surface area (Å²) in [6, 6.07) is -10.0. The van der Waals surface area contributed by atoms with Gasteiger partial charge in [0.25, 0.3) is 0 Å². The van der Waals surface area contributed by atoms with Crippen molar-refractivity contribution in [3.05, 3.63) is 0 Å². The minimum Gasteiger partial charge on any atom is -0.459 e. The monoisotopic (exact) mass is 1240 g/mol. The third-order valence-electron chi connectivity index (χ3n) is 14.7. The smallest absolute Gasteiger partial charge is 0.303 e. The van der Waals surface area contributed by atoms with Gasteiger partial charge in [-0.3, -0.25) is 57.5 Å². The zero-order valence-corrected chi connectivity index (χ0v) is 57.4. The fourth-order valence-corrected chi connectivity index (χ4v) is 9.57. The third kappa shape index (κ3) is 26.7. The molecule has 2 unspecified atom stereocenters. The molecule has 0 aromatic carbocycles. The Bertz CT molecular complexity index is 2300. The van der Waals surface area contributed by atoms with Crippen LogP contribution >= 0.6 is 0 Å². The van der Waals surface area contributed by atoms with Crippen molar-refractivity contribution in [3.63, 3.8) is 0 Å². The fraction of sp³-hybridized carbons (Fsp3) is 0.790. The van der Waals surface area contributed by atoms with Crippen LogP contribution in [0.2, 0.25) is 0 Å². The van der Waals surface area contributed by atoms with Gasteiger partial charge in [-0.05, 0) is 69.1 Å². The van der Waals surface area contributed by atoms with Crippen LogP contribution in [-0.2, 0) is 67.1 Å². The van der Waals surface area contributed by atoms with Gasteiger partial charge in [-0.15, -0.1) is 0 Å². The van der Waals surface area contributed by atoms with Gasteiger partial charge in [0.1, 0.15) is 60.7 Å². The minimum atomic E-state index is -1.69. The van der Waals surface area contributed by atoms with Crippen LogP contribution in [0.1, 0.15) is 163 Å². The Balaban J connectivity index is 0. The number of aldehydes is 1. The summed E-state index contributed by atoms with van der Waals surface area (Å²) in [5, 5.41) is 10.6. The Morgan fingerprint density at radius 3 is 1.34 bits per heavy atom. The minimum absolute atomic E-state index is 0.110. The quantitative estimate of drug-likeness (QED) is 0.144. The molecule has 0 aliphatic carbocycles. The number of esters is 1. The second kappa shape index (κ2) is 40.0. The Kier molecular flexibility index (Phi) is 37.8. The third-order valence-corrected chi connectivity index (χ3v) is 14.7. The molecule has 0 saturated carbocycles. The van der Waals surface area contributed by atoms with Crippen molar-refractivity contribution >= 4 is 77.2 Å². The highest BCUT2D eigenvalue weighted by Gasteiger charge is 2.43. The lowest BCUT2D eigenvalue weighted by Crippen LogP contribution is -2.60. The second-order valence-electron chi connectivity index (χ2n) is 24.9. The maximum atomic E-state index is 14.7. The first-order valence-electron chi connectivity index (χ1n) is 30.8. The molecule has 0 aromatic heterocycles. The maximum Gasteiger partial charge on any atom is 0.303 e. The molecule has 1 heterocycles. The van der Waals surface area contributed by atoms with E-state index in [2.05, 4.69) is 35.1 Å². The van der Waals surface area contributed by atoms with E-state index in [1.807, 2.05) is 69.2 Å². The van der Waals surface area contributed by atoms with Crippen LogP contribution < -0.4 is 21.3 Å². The summed E-state index contributed by atoms with van der Waals surface area (Å²) in [7, 11) is 9.44. The van der Waals surface area contributed by atoms with Crippen molar-refractivity contribution in [2.75, 3.05) is 69.0 Å². The molecule has 0 spiro atoms. The first-order chi connectivity index (χ1) is 40.2. The molecule has 0 radical (unpaired) electrons. The molecule has 87 heavy (non-hydrogen) atoms. The Morgan fingerprint density at radius 1 is 0.506 bits per heavy atom. The summed E-state index contributed by atoms with van der Waals surface area (Å²) in [6.45, 7) is 29.8. The van der Waals surface area contributed by atoms with Crippen LogP contribution in [0, 0.1) is 35.5 Å². The van der Waals surface area contributed by atoms with Crippen molar-refractivity contribution in [2.45, 2.75) is 218 Å². The SMILES string of the molecule is CC.CC(=O)O[C@@H](C1C(=O)NCC(=O)N(C)CC(=O)N(C)[C@@H](CC(C)C)C(=O)NC(C(C)C)C(=O)N(C)[C@@H](CC(C)C)C(=O)N[C@@H](C)C(=O)N[C@H](C)C(=O)N(C)[C@@H](CC(C)C)C(=O)N(C)[C@@H](CC(C)C)C(=O)N(C)CC(=O)N1C)[C@H](C)CC=O.CCC. The first-order valence-corrected chi connectivity index (χ1v) is 30.8. The lowest BCUT2D eigenvalue weighted by Gasteiger charge is -2.38. The van der Waals surface area contributed by atoms with Crippen molar-refractivity contribution in [1.29, 1.82) is 0 Å². The van der Waals surface area contributed by atoms with Gasteiger partial charge in [0.05, 0.1) is 19.6 Å². The number of rotatable bonds is 14. The molecule has 1 fully saturated rings. The highest BCUT2D eigenvalue weighted by molar-refractivity contribution is 5.99. The van der Waals surface area contributed by atoms with Crippen molar-refractivity contribution in [3.8, 4) is 0 Å². The molecule has 1 rings (SSSR count). The van der Waals surface area contributed by atoms with Gasteiger partial charge in [0.15, 0.2) is 0 Å². The number of carbonyl (C=O) groups excluding carboxylic acids is 13. The average Bonchev–Trinajstić information content (AvgIpc) is 1.74. The van der Waals surface area contributed by atoms with E-state index in [-0.39, 0.29) is 55.8 Å². The van der Waals surface area contributed by atoms with E-state index in [0.717, 1.165) is 26.5 Å². The first kappa shape index (κ1) is 82.4. The number of amides is 11. The van der Waals surface area contributed by atoms with Crippen LogP contribution in [0.25, 0.3) is 0 Å². The summed E-state index contributed by atoms with van der Waals surface area (Å²) in [4.78, 5) is 189. The molecule has 1 aliphatic heterocycles. The zero-order chi connectivity index (χ0) is 68.2.